The van der Waals surface area contributed by atoms with Crippen molar-refractivity contribution in [3.8, 4) is 0 Å². The van der Waals surface area contributed by atoms with Crippen LogP contribution >= 0.6 is 23.1 Å². The quantitative estimate of drug-likeness (QED) is 0.763. The molecule has 2 aromatic rings. The molecule has 0 bridgehead atoms. The maximum Gasteiger partial charge on any atom is 0.0345 e. The van der Waals surface area contributed by atoms with E-state index in [4.69, 9.17) is 0 Å². The number of likely N-dealkylation sites (N-methyl/N-ethyl adjacent to an activating group) is 1. The SMILES string of the molecule is CCCSCC(Cc1csc2ccccc12)NC. The number of benzene rings is 1. The van der Waals surface area contributed by atoms with Crippen LogP contribution in [-0.2, 0) is 6.42 Å². The molecule has 3 heteroatoms. The molecular formula is C15H21NS2. The Morgan fingerprint density at radius 3 is 2.94 bits per heavy atom. The second-order valence-electron chi connectivity index (χ2n) is 4.52. The average molecular weight is 279 g/mol. The lowest BCUT2D eigenvalue weighted by molar-refractivity contribution is 0.619. The van der Waals surface area contributed by atoms with E-state index in [1.807, 2.05) is 11.3 Å². The highest BCUT2D eigenvalue weighted by atomic mass is 32.2. The summed E-state index contributed by atoms with van der Waals surface area (Å²) in [6.07, 6.45) is 2.40. The van der Waals surface area contributed by atoms with Crippen LogP contribution in [0.2, 0.25) is 0 Å². The summed E-state index contributed by atoms with van der Waals surface area (Å²) in [6, 6.07) is 9.30. The molecule has 1 aromatic heterocycles. The Balaban J connectivity index is 2.02. The van der Waals surface area contributed by atoms with Crippen molar-refractivity contribution in [2.24, 2.45) is 0 Å². The molecular weight excluding hydrogens is 258 g/mol. The lowest BCUT2D eigenvalue weighted by atomic mass is 10.1. The smallest absolute Gasteiger partial charge is 0.0345 e. The summed E-state index contributed by atoms with van der Waals surface area (Å²) in [5.74, 6) is 2.47. The Labute approximate surface area is 118 Å². The minimum atomic E-state index is 0.583. The van der Waals surface area contributed by atoms with E-state index in [0.29, 0.717) is 6.04 Å². The molecule has 1 atom stereocenters. The average Bonchev–Trinajstić information content (AvgIpc) is 2.81. The van der Waals surface area contributed by atoms with E-state index in [1.165, 1.54) is 33.6 Å². The fourth-order valence-electron chi connectivity index (χ4n) is 2.07. The number of thioether (sulfide) groups is 1. The van der Waals surface area contributed by atoms with Gasteiger partial charge in [-0.3, -0.25) is 0 Å². The first-order valence-electron chi connectivity index (χ1n) is 6.55. The van der Waals surface area contributed by atoms with Gasteiger partial charge in [-0.05, 0) is 48.0 Å². The topological polar surface area (TPSA) is 12.0 Å². The highest BCUT2D eigenvalue weighted by Gasteiger charge is 2.10. The summed E-state index contributed by atoms with van der Waals surface area (Å²) in [5, 5.41) is 7.20. The number of hydrogen-bond acceptors (Lipinski definition) is 3. The maximum absolute atomic E-state index is 3.45. The summed E-state index contributed by atoms with van der Waals surface area (Å²) in [5.41, 5.74) is 1.49. The third-order valence-electron chi connectivity index (χ3n) is 3.10. The predicted molar refractivity (Wildman–Crippen MR) is 86.0 cm³/mol. The molecule has 0 fully saturated rings. The van der Waals surface area contributed by atoms with E-state index in [2.05, 4.69) is 60.7 Å². The fraction of sp³-hybridized carbons (Fsp3) is 0.467. The van der Waals surface area contributed by atoms with Crippen LogP contribution in [0.1, 0.15) is 18.9 Å². The van der Waals surface area contributed by atoms with Gasteiger partial charge in [-0.1, -0.05) is 25.1 Å². The van der Waals surface area contributed by atoms with Gasteiger partial charge in [0.2, 0.25) is 0 Å². The largest absolute Gasteiger partial charge is 0.316 e. The van der Waals surface area contributed by atoms with Crippen LogP contribution < -0.4 is 5.32 Å². The number of rotatable bonds is 7. The highest BCUT2D eigenvalue weighted by molar-refractivity contribution is 7.99. The molecule has 1 aromatic carbocycles. The third-order valence-corrected chi connectivity index (χ3v) is 5.45. The second-order valence-corrected chi connectivity index (χ2v) is 6.58. The zero-order valence-corrected chi connectivity index (χ0v) is 12.7. The number of fused-ring (bicyclic) bond motifs is 1. The molecule has 98 valence electrons. The van der Waals surface area contributed by atoms with E-state index in [1.54, 1.807) is 0 Å². The van der Waals surface area contributed by atoms with Crippen molar-refractivity contribution >= 4 is 33.2 Å². The van der Waals surface area contributed by atoms with Crippen LogP contribution in [0.5, 0.6) is 0 Å². The second kappa shape index (κ2) is 7.17. The molecule has 1 unspecified atom stereocenters. The van der Waals surface area contributed by atoms with Gasteiger partial charge in [0.15, 0.2) is 0 Å². The summed E-state index contributed by atoms with van der Waals surface area (Å²) in [6.45, 7) is 2.24. The molecule has 1 heterocycles. The third kappa shape index (κ3) is 3.50. The minimum Gasteiger partial charge on any atom is -0.316 e. The van der Waals surface area contributed by atoms with Crippen molar-refractivity contribution < 1.29 is 0 Å². The molecule has 0 aliphatic heterocycles. The number of nitrogens with one attached hydrogen (secondary N) is 1. The van der Waals surface area contributed by atoms with Crippen molar-refractivity contribution in [3.63, 3.8) is 0 Å². The Kier molecular flexibility index (Phi) is 5.54. The van der Waals surface area contributed by atoms with Gasteiger partial charge in [0.1, 0.15) is 0 Å². The van der Waals surface area contributed by atoms with Gasteiger partial charge < -0.3 is 5.32 Å². The van der Waals surface area contributed by atoms with E-state index < -0.39 is 0 Å². The highest BCUT2D eigenvalue weighted by Crippen LogP contribution is 2.26. The molecule has 0 amide bonds. The van der Waals surface area contributed by atoms with Crippen LogP contribution in [0, 0.1) is 0 Å². The summed E-state index contributed by atoms with van der Waals surface area (Å²) in [4.78, 5) is 0. The van der Waals surface area contributed by atoms with Crippen LogP contribution in [0.4, 0.5) is 0 Å². The van der Waals surface area contributed by atoms with Gasteiger partial charge in [0, 0.05) is 16.5 Å². The van der Waals surface area contributed by atoms with Gasteiger partial charge in [-0.15, -0.1) is 11.3 Å². The zero-order valence-electron chi connectivity index (χ0n) is 11.1. The first-order valence-corrected chi connectivity index (χ1v) is 8.58. The van der Waals surface area contributed by atoms with Gasteiger partial charge in [-0.25, -0.2) is 0 Å². The monoisotopic (exact) mass is 279 g/mol. The molecule has 0 saturated heterocycles. The van der Waals surface area contributed by atoms with Gasteiger partial charge in [-0.2, -0.15) is 11.8 Å². The normalized spacial score (nSPS) is 13.0. The maximum atomic E-state index is 3.45. The molecule has 1 N–H and O–H groups in total. The molecule has 0 spiro atoms. The Hall–Kier alpha value is -0.510. The van der Waals surface area contributed by atoms with Crippen LogP contribution in [0.15, 0.2) is 29.6 Å². The molecule has 0 radical (unpaired) electrons. The van der Waals surface area contributed by atoms with Gasteiger partial charge in [0.05, 0.1) is 0 Å². The fourth-order valence-corrected chi connectivity index (χ4v) is 4.07. The van der Waals surface area contributed by atoms with Crippen molar-refractivity contribution in [1.29, 1.82) is 0 Å². The van der Waals surface area contributed by atoms with Crippen molar-refractivity contribution in [2.45, 2.75) is 25.8 Å². The molecule has 0 aliphatic rings. The molecule has 18 heavy (non-hydrogen) atoms. The summed E-state index contributed by atoms with van der Waals surface area (Å²) < 4.78 is 1.41. The van der Waals surface area contributed by atoms with Crippen LogP contribution in [0.3, 0.4) is 0 Å². The van der Waals surface area contributed by atoms with Gasteiger partial charge >= 0.3 is 0 Å². The van der Waals surface area contributed by atoms with E-state index in [-0.39, 0.29) is 0 Å². The first-order chi connectivity index (χ1) is 8.85. The molecule has 0 saturated carbocycles. The lowest BCUT2D eigenvalue weighted by Crippen LogP contribution is -2.30. The first kappa shape index (κ1) is 13.9. The number of hydrogen-bond donors (Lipinski definition) is 1. The van der Waals surface area contributed by atoms with E-state index in [0.717, 1.165) is 6.42 Å². The Morgan fingerprint density at radius 2 is 2.17 bits per heavy atom. The van der Waals surface area contributed by atoms with Crippen molar-refractivity contribution in [1.82, 2.24) is 5.32 Å². The standard InChI is InChI=1S/C15H21NS2/c1-3-8-17-11-13(16-2)9-12-10-18-15-7-5-4-6-14(12)15/h4-7,10,13,16H,3,8-9,11H2,1-2H3. The van der Waals surface area contributed by atoms with E-state index >= 15 is 0 Å². The van der Waals surface area contributed by atoms with Gasteiger partial charge in [0.25, 0.3) is 0 Å². The molecule has 0 aliphatic carbocycles. The molecule has 1 nitrogen and oxygen atoms in total. The van der Waals surface area contributed by atoms with E-state index in [9.17, 15) is 0 Å². The number of thiophene rings is 1. The summed E-state index contributed by atoms with van der Waals surface area (Å²) in [7, 11) is 2.08. The minimum absolute atomic E-state index is 0.583. The van der Waals surface area contributed by atoms with Crippen molar-refractivity contribution in [3.05, 3.63) is 35.2 Å². The van der Waals surface area contributed by atoms with Crippen LogP contribution in [0.25, 0.3) is 10.1 Å². The molecule has 2 rings (SSSR count). The van der Waals surface area contributed by atoms with Crippen molar-refractivity contribution in [2.75, 3.05) is 18.6 Å². The Morgan fingerprint density at radius 1 is 1.33 bits per heavy atom. The Bertz CT molecular complexity index is 478. The van der Waals surface area contributed by atoms with Crippen LogP contribution in [-0.4, -0.2) is 24.6 Å². The predicted octanol–water partition coefficient (Wildman–Crippen LogP) is 4.18. The lowest BCUT2D eigenvalue weighted by Gasteiger charge is -2.15. The zero-order chi connectivity index (χ0) is 12.8. The summed E-state index contributed by atoms with van der Waals surface area (Å²) >= 11 is 3.91.